The Morgan fingerprint density at radius 1 is 0.971 bits per heavy atom. The van der Waals surface area contributed by atoms with E-state index in [1.807, 2.05) is 19.9 Å². The molecule has 6 atom stereocenters. The number of rotatable bonds is 5. The lowest BCUT2D eigenvalue weighted by Crippen LogP contribution is -2.52. The molecule has 2 aliphatic carbocycles. The molecule has 0 spiro atoms. The molecule has 2 saturated carbocycles. The van der Waals surface area contributed by atoms with Gasteiger partial charge in [-0.15, -0.1) is 0 Å². The Morgan fingerprint density at radius 3 is 2.14 bits per heavy atom. The van der Waals surface area contributed by atoms with E-state index in [2.05, 4.69) is 31.9 Å². The Bertz CT molecular complexity index is 1240. The zero-order valence-electron chi connectivity index (χ0n) is 19.1. The van der Waals surface area contributed by atoms with Crippen molar-refractivity contribution in [2.75, 3.05) is 6.54 Å². The van der Waals surface area contributed by atoms with Crippen LogP contribution in [0, 0.1) is 37.5 Å². The number of Topliss-reactive ketones (excluding diaryl/α,β-unsaturated/α-hetero) is 1. The van der Waals surface area contributed by atoms with Gasteiger partial charge in [-0.2, -0.15) is 5.01 Å². The molecule has 0 aromatic heterocycles. The van der Waals surface area contributed by atoms with Crippen LogP contribution in [0.2, 0.25) is 5.02 Å². The van der Waals surface area contributed by atoms with E-state index in [9.17, 15) is 19.2 Å². The van der Waals surface area contributed by atoms with Crippen molar-refractivity contribution in [2.45, 2.75) is 29.9 Å². The summed E-state index contributed by atoms with van der Waals surface area (Å²) in [7, 11) is 0. The summed E-state index contributed by atoms with van der Waals surface area (Å²) >= 11 is 13.6. The van der Waals surface area contributed by atoms with Crippen molar-refractivity contribution >= 4 is 67.0 Å². The molecule has 6 nitrogen and oxygen atoms in total. The number of hydrogen-bond acceptors (Lipinski definition) is 4. The second kappa shape index (κ2) is 9.12. The molecule has 182 valence electrons. The van der Waals surface area contributed by atoms with Crippen molar-refractivity contribution < 1.29 is 19.2 Å². The molecule has 3 fully saturated rings. The van der Waals surface area contributed by atoms with Crippen LogP contribution in [-0.4, -0.2) is 49.7 Å². The molecule has 2 aromatic carbocycles. The van der Waals surface area contributed by atoms with Gasteiger partial charge >= 0.3 is 0 Å². The van der Waals surface area contributed by atoms with Gasteiger partial charge < -0.3 is 0 Å². The third kappa shape index (κ3) is 3.89. The van der Waals surface area contributed by atoms with E-state index in [4.69, 9.17) is 11.6 Å². The van der Waals surface area contributed by atoms with Crippen molar-refractivity contribution in [1.82, 2.24) is 10.0 Å². The summed E-state index contributed by atoms with van der Waals surface area (Å²) in [6, 6.07) is 11.7. The highest BCUT2D eigenvalue weighted by Gasteiger charge is 2.67. The SMILES string of the molecule is Cc1ccc(C(=O)CN(C(=O)c2ccccc2Cl)N2C(=O)[C@@H]3[C@H]4C[C@@H]([C@H](Br)[C@H]4Br)[C@H]3C2=O)cc1C. The number of carbonyl (C=O) groups excluding carboxylic acids is 4. The summed E-state index contributed by atoms with van der Waals surface area (Å²) < 4.78 is 0. The number of imide groups is 1. The highest BCUT2D eigenvalue weighted by Crippen LogP contribution is 2.60. The number of benzene rings is 2. The minimum Gasteiger partial charge on any atom is -0.292 e. The third-order valence-corrected chi connectivity index (χ3v) is 11.2. The molecule has 35 heavy (non-hydrogen) atoms. The van der Waals surface area contributed by atoms with Gasteiger partial charge in [0.15, 0.2) is 5.78 Å². The van der Waals surface area contributed by atoms with Crippen LogP contribution in [0.15, 0.2) is 42.5 Å². The molecular formula is C26H23Br2ClN2O4. The number of hydrazine groups is 1. The first kappa shape index (κ1) is 24.7. The first-order valence-electron chi connectivity index (χ1n) is 11.4. The standard InChI is InChI=1S/C26H23Br2ClN2O4/c1-12-7-8-14(9-13(12)2)19(32)11-30(24(33)15-5-3-4-6-18(15)29)31-25(34)20-16-10-17(21(20)26(31)35)23(28)22(16)27/h3-9,16-17,20-23H,10-11H2,1-2H3/t16-,17-,20-,21-,22+,23+/m1/s1. The van der Waals surface area contributed by atoms with Crippen LogP contribution in [0.25, 0.3) is 0 Å². The number of amides is 3. The summed E-state index contributed by atoms with van der Waals surface area (Å²) in [6.45, 7) is 3.39. The van der Waals surface area contributed by atoms with Crippen LogP contribution < -0.4 is 0 Å². The number of hydrogen-bond donors (Lipinski definition) is 0. The van der Waals surface area contributed by atoms with Crippen LogP contribution in [-0.2, 0) is 9.59 Å². The van der Waals surface area contributed by atoms with E-state index in [1.165, 1.54) is 6.07 Å². The second-order valence-corrected chi connectivity index (χ2v) is 12.1. The molecule has 1 aliphatic heterocycles. The fourth-order valence-corrected chi connectivity index (χ4v) is 7.81. The maximum Gasteiger partial charge on any atom is 0.274 e. The summed E-state index contributed by atoms with van der Waals surface area (Å²) in [5.41, 5.74) is 2.50. The van der Waals surface area contributed by atoms with Crippen molar-refractivity contribution in [3.63, 3.8) is 0 Å². The highest BCUT2D eigenvalue weighted by molar-refractivity contribution is 9.12. The van der Waals surface area contributed by atoms with Crippen molar-refractivity contribution in [3.05, 3.63) is 69.7 Å². The summed E-state index contributed by atoms with van der Waals surface area (Å²) in [5, 5.41) is 2.10. The second-order valence-electron chi connectivity index (χ2n) is 9.56. The Hall–Kier alpha value is -2.03. The third-order valence-electron chi connectivity index (χ3n) is 7.67. The van der Waals surface area contributed by atoms with Gasteiger partial charge in [-0.3, -0.25) is 19.2 Å². The average molecular weight is 623 g/mol. The molecule has 3 amide bonds. The van der Waals surface area contributed by atoms with Gasteiger partial charge in [0.05, 0.1) is 22.4 Å². The van der Waals surface area contributed by atoms with E-state index in [-0.39, 0.29) is 37.9 Å². The van der Waals surface area contributed by atoms with Gasteiger partial charge in [0, 0.05) is 15.2 Å². The topological polar surface area (TPSA) is 74.8 Å². The van der Waals surface area contributed by atoms with Gasteiger partial charge in [-0.25, -0.2) is 5.01 Å². The van der Waals surface area contributed by atoms with E-state index in [0.717, 1.165) is 27.6 Å². The lowest BCUT2D eigenvalue weighted by Gasteiger charge is -2.31. The quantitative estimate of drug-likeness (QED) is 0.268. The lowest BCUT2D eigenvalue weighted by molar-refractivity contribution is -0.154. The van der Waals surface area contributed by atoms with Crippen LogP contribution in [0.1, 0.15) is 38.3 Å². The van der Waals surface area contributed by atoms with Gasteiger partial charge in [-0.05, 0) is 61.4 Å². The number of ketones is 1. The minimum absolute atomic E-state index is 0.0106. The monoisotopic (exact) mass is 620 g/mol. The molecule has 1 heterocycles. The highest BCUT2D eigenvalue weighted by atomic mass is 79.9. The van der Waals surface area contributed by atoms with Crippen LogP contribution in [0.3, 0.4) is 0 Å². The average Bonchev–Trinajstić information content (AvgIpc) is 3.44. The Kier molecular flexibility index (Phi) is 6.43. The zero-order chi connectivity index (χ0) is 25.2. The van der Waals surface area contributed by atoms with Crippen LogP contribution >= 0.6 is 43.5 Å². The molecule has 9 heteroatoms. The van der Waals surface area contributed by atoms with Crippen molar-refractivity contribution in [3.8, 4) is 0 Å². The molecule has 5 rings (SSSR count). The molecular weight excluding hydrogens is 600 g/mol. The van der Waals surface area contributed by atoms with Gasteiger partial charge in [0.2, 0.25) is 0 Å². The maximum atomic E-state index is 13.7. The number of halogens is 3. The summed E-state index contributed by atoms with van der Waals surface area (Å²) in [4.78, 5) is 54.4. The number of nitrogens with zero attached hydrogens (tertiary/aromatic N) is 2. The lowest BCUT2D eigenvalue weighted by atomic mass is 9.81. The molecule has 0 unspecified atom stereocenters. The first-order chi connectivity index (χ1) is 16.6. The molecule has 0 radical (unpaired) electrons. The minimum atomic E-state index is -0.660. The molecule has 2 aromatic rings. The van der Waals surface area contributed by atoms with E-state index in [0.29, 0.717) is 5.56 Å². The molecule has 2 bridgehead atoms. The fourth-order valence-electron chi connectivity index (χ4n) is 5.72. The maximum absolute atomic E-state index is 13.7. The van der Waals surface area contributed by atoms with E-state index >= 15 is 0 Å². The first-order valence-corrected chi connectivity index (χ1v) is 13.7. The van der Waals surface area contributed by atoms with Crippen molar-refractivity contribution in [1.29, 1.82) is 0 Å². The Balaban J connectivity index is 1.53. The predicted molar refractivity (Wildman–Crippen MR) is 139 cm³/mol. The molecule has 3 aliphatic rings. The number of fused-ring (bicyclic) bond motifs is 5. The molecule has 0 N–H and O–H groups in total. The van der Waals surface area contributed by atoms with Gasteiger partial charge in [0.25, 0.3) is 17.7 Å². The fraction of sp³-hybridized carbons (Fsp3) is 0.385. The summed E-state index contributed by atoms with van der Waals surface area (Å²) in [6.07, 6.45) is 0.770. The zero-order valence-corrected chi connectivity index (χ0v) is 23.0. The molecule has 1 saturated heterocycles. The number of carbonyl (C=O) groups is 4. The number of aryl methyl sites for hydroxylation is 2. The van der Waals surface area contributed by atoms with Gasteiger partial charge in [-0.1, -0.05) is 67.7 Å². The number of alkyl halides is 2. The van der Waals surface area contributed by atoms with Crippen LogP contribution in [0.5, 0.6) is 0 Å². The largest absolute Gasteiger partial charge is 0.292 e. The summed E-state index contributed by atoms with van der Waals surface area (Å²) in [5.74, 6) is -2.92. The van der Waals surface area contributed by atoms with E-state index < -0.39 is 36.1 Å². The van der Waals surface area contributed by atoms with Crippen molar-refractivity contribution in [2.24, 2.45) is 23.7 Å². The van der Waals surface area contributed by atoms with Crippen LogP contribution in [0.4, 0.5) is 0 Å². The smallest absolute Gasteiger partial charge is 0.274 e. The predicted octanol–water partition coefficient (Wildman–Crippen LogP) is 4.97. The van der Waals surface area contributed by atoms with E-state index in [1.54, 1.807) is 30.3 Å². The normalized spacial score (nSPS) is 29.0. The Morgan fingerprint density at radius 2 is 1.57 bits per heavy atom. The van der Waals surface area contributed by atoms with Gasteiger partial charge in [0.1, 0.15) is 6.54 Å². The Labute approximate surface area is 225 Å².